The zero-order valence-corrected chi connectivity index (χ0v) is 10.5. The molecule has 0 radical (unpaired) electrons. The minimum absolute atomic E-state index is 0. The van der Waals surface area contributed by atoms with Gasteiger partial charge in [0.1, 0.15) is 11.4 Å². The van der Waals surface area contributed by atoms with Crippen LogP contribution in [0, 0.1) is 0 Å². The Bertz CT molecular complexity index is 340. The summed E-state index contributed by atoms with van der Waals surface area (Å²) in [6, 6.07) is 4.18. The Hall–Kier alpha value is 0.181. The van der Waals surface area contributed by atoms with Crippen LogP contribution in [0.2, 0.25) is 0 Å². The number of halogens is 3. The smallest absolute Gasteiger partial charge is 0.508 e. The molecule has 0 saturated carbocycles. The maximum absolute atomic E-state index is 11.9. The minimum Gasteiger partial charge on any atom is -0.508 e. The zero-order valence-electron chi connectivity index (χ0n) is 7.38. The van der Waals surface area contributed by atoms with E-state index in [0.29, 0.717) is 0 Å². The van der Waals surface area contributed by atoms with Gasteiger partial charge >= 0.3 is 58.4 Å². The van der Waals surface area contributed by atoms with Crippen LogP contribution < -0.4 is 51.4 Å². The average Bonchev–Trinajstić information content (AvgIpc) is 2.01. The largest absolute Gasteiger partial charge is 1.00 e. The van der Waals surface area contributed by atoms with Crippen molar-refractivity contribution < 1.29 is 74.2 Å². The van der Waals surface area contributed by atoms with Gasteiger partial charge in [-0.2, -0.15) is 0 Å². The maximum atomic E-state index is 11.9. The molecule has 2 nitrogen and oxygen atoms in total. The van der Waals surface area contributed by atoms with Crippen molar-refractivity contribution in [2.75, 3.05) is 0 Å². The molecule has 0 aromatic heterocycles. The number of hydrogen-bond acceptors (Lipinski definition) is 2. The molecule has 1 N–H and O–H groups in total. The summed E-state index contributed by atoms with van der Waals surface area (Å²) >= 11 is 0. The van der Waals surface area contributed by atoms with Gasteiger partial charge in [0.2, 0.25) is 0 Å². The fourth-order valence-electron chi connectivity index (χ4n) is 0.848. The minimum atomic E-state index is -5.52. The van der Waals surface area contributed by atoms with Crippen molar-refractivity contribution in [1.82, 2.24) is 0 Å². The molecular weight excluding hydrogens is 223 g/mol. The number of carbonyl (C=O) groups excluding carboxylic acids is 1. The predicted octanol–water partition coefficient (Wildman–Crippen LogP) is -1.03. The molecule has 0 aliphatic heterocycles. The van der Waals surface area contributed by atoms with Crippen LogP contribution in [0.3, 0.4) is 0 Å². The number of phenols is 1. The van der Waals surface area contributed by atoms with Crippen molar-refractivity contribution in [3.05, 3.63) is 29.8 Å². The molecule has 0 amide bonds. The molecule has 0 fully saturated rings. The van der Waals surface area contributed by atoms with Crippen LogP contribution in [-0.2, 0) is 0 Å². The van der Waals surface area contributed by atoms with Gasteiger partial charge < -0.3 is 22.8 Å². The molecule has 0 unspecified atom stereocenters. The van der Waals surface area contributed by atoms with E-state index >= 15 is 0 Å². The fourth-order valence-corrected chi connectivity index (χ4v) is 0.848. The number of benzene rings is 1. The van der Waals surface area contributed by atoms with Crippen molar-refractivity contribution >= 4 is 12.7 Å². The van der Waals surface area contributed by atoms with E-state index in [-0.39, 0.29) is 57.1 Å². The zero-order chi connectivity index (χ0) is 10.1. The Morgan fingerprint density at radius 2 is 1.86 bits per heavy atom. The summed E-state index contributed by atoms with van der Waals surface area (Å²) in [6.07, 6.45) is 0. The molecule has 0 atom stereocenters. The molecule has 1 aromatic rings. The van der Waals surface area contributed by atoms with E-state index in [0.717, 1.165) is 12.1 Å². The monoisotopic (exact) mass is 228 g/mol. The molecule has 1 aromatic carbocycles. The van der Waals surface area contributed by atoms with E-state index in [1.54, 1.807) is 0 Å². The van der Waals surface area contributed by atoms with Crippen LogP contribution in [0.25, 0.3) is 0 Å². The first-order valence-electron chi connectivity index (χ1n) is 3.44. The molecule has 0 aliphatic rings. The van der Waals surface area contributed by atoms with Gasteiger partial charge in [0.25, 0.3) is 0 Å². The summed E-state index contributed by atoms with van der Waals surface area (Å²) in [5, 5.41) is 8.82. The van der Waals surface area contributed by atoms with E-state index in [2.05, 4.69) is 0 Å². The Morgan fingerprint density at radius 3 is 2.29 bits per heavy atom. The van der Waals surface area contributed by atoms with Gasteiger partial charge in [-0.25, -0.2) is 0 Å². The summed E-state index contributed by atoms with van der Waals surface area (Å²) in [6.45, 7) is -5.52. The molecule has 0 spiro atoms. The predicted molar refractivity (Wildman–Crippen MR) is 41.5 cm³/mol. The van der Waals surface area contributed by atoms with Gasteiger partial charge in [-0.05, 0) is 17.7 Å². The second-order valence-corrected chi connectivity index (χ2v) is 2.49. The van der Waals surface area contributed by atoms with Crippen molar-refractivity contribution in [2.45, 2.75) is 0 Å². The number of aromatic hydroxyl groups is 1. The first-order valence-corrected chi connectivity index (χ1v) is 3.44. The summed E-state index contributed by atoms with van der Waals surface area (Å²) in [4.78, 5) is 10.6. The van der Waals surface area contributed by atoms with E-state index in [4.69, 9.17) is 5.11 Å². The Labute approximate surface area is 121 Å². The first kappa shape index (κ1) is 14.2. The van der Waals surface area contributed by atoms with Gasteiger partial charge in [0, 0.05) is 0 Å². The van der Waals surface area contributed by atoms with Crippen molar-refractivity contribution in [3.8, 4) is 5.75 Å². The molecule has 14 heavy (non-hydrogen) atoms. The van der Waals surface area contributed by atoms with Crippen molar-refractivity contribution in [1.29, 1.82) is 0 Å². The summed E-state index contributed by atoms with van der Waals surface area (Å²) in [7, 11) is 0. The quantitative estimate of drug-likeness (QED) is 0.657. The van der Waals surface area contributed by atoms with Gasteiger partial charge in [0.15, 0.2) is 0 Å². The van der Waals surface area contributed by atoms with E-state index in [9.17, 15) is 17.7 Å². The summed E-state index contributed by atoms with van der Waals surface area (Å²) < 4.78 is 35.7. The van der Waals surface area contributed by atoms with Crippen LogP contribution in [-0.4, -0.2) is 17.8 Å². The molecule has 1 rings (SSSR count). The van der Waals surface area contributed by atoms with Crippen LogP contribution in [0.1, 0.15) is 10.4 Å². The molecule has 0 aliphatic carbocycles. The van der Waals surface area contributed by atoms with Gasteiger partial charge in [-0.15, -0.1) is 0 Å². The third-order valence-corrected chi connectivity index (χ3v) is 1.43. The third kappa shape index (κ3) is 3.74. The first-order chi connectivity index (χ1) is 5.91. The molecule has 70 valence electrons. The molecule has 0 bridgehead atoms. The Balaban J connectivity index is 0.00000169. The molecule has 0 heterocycles. The van der Waals surface area contributed by atoms with Gasteiger partial charge in [-0.1, -0.05) is 12.1 Å². The summed E-state index contributed by atoms with van der Waals surface area (Å²) in [5.41, 5.74) is -2.43. The number of phenolic OH excluding ortho intramolecular Hbond substituents is 1. The van der Waals surface area contributed by atoms with Crippen LogP contribution in [0.4, 0.5) is 12.9 Å². The number of hydrogen-bond donors (Lipinski definition) is 1. The van der Waals surface area contributed by atoms with E-state index in [1.807, 2.05) is 0 Å². The van der Waals surface area contributed by atoms with Crippen molar-refractivity contribution in [2.24, 2.45) is 0 Å². The Morgan fingerprint density at radius 1 is 1.29 bits per heavy atom. The fraction of sp³-hybridized carbons (Fsp3) is 0. The number of carbonyl (C=O) groups is 1. The van der Waals surface area contributed by atoms with E-state index in [1.165, 1.54) is 12.1 Å². The third-order valence-electron chi connectivity index (χ3n) is 1.43. The van der Waals surface area contributed by atoms with Crippen molar-refractivity contribution in [3.63, 3.8) is 0 Å². The van der Waals surface area contributed by atoms with Crippen LogP contribution in [0.15, 0.2) is 24.3 Å². The summed E-state index contributed by atoms with van der Waals surface area (Å²) in [5.74, 6) is -0.356. The standard InChI is InChI=1S/C7H5BF3O2.K/c9-8(10,11)7(13)5-2-1-3-6(12)4-5;/h1-4,12H;/q-1;+1. The second kappa shape index (κ2) is 5.32. The normalized spacial score (nSPS) is 10.5. The van der Waals surface area contributed by atoms with Gasteiger partial charge in [-0.3, -0.25) is 0 Å². The van der Waals surface area contributed by atoms with E-state index < -0.39 is 18.2 Å². The topological polar surface area (TPSA) is 37.3 Å². The molecule has 7 heteroatoms. The maximum Gasteiger partial charge on any atom is 1.00 e. The van der Waals surface area contributed by atoms with Gasteiger partial charge in [0.05, 0.1) is 0 Å². The van der Waals surface area contributed by atoms with Crippen LogP contribution >= 0.6 is 0 Å². The van der Waals surface area contributed by atoms with Crippen LogP contribution in [0.5, 0.6) is 5.75 Å². The average molecular weight is 228 g/mol. The molecule has 0 saturated heterocycles. The molecular formula is C7H5BF3KO2. The Kier molecular flexibility index (Phi) is 5.38. The SMILES string of the molecule is O=C(c1cccc(O)c1)[B-](F)(F)F.[K+]. The number of rotatable bonds is 2. The second-order valence-electron chi connectivity index (χ2n) is 2.49.